The normalized spacial score (nSPS) is 15.6. The number of carboxylic acid groups (broad SMARTS) is 1. The van der Waals surface area contributed by atoms with Crippen molar-refractivity contribution in [3.05, 3.63) is 0 Å². The molecule has 0 spiro atoms. The lowest BCUT2D eigenvalue weighted by Crippen LogP contribution is -2.46. The molecule has 0 aromatic carbocycles. The molecule has 7 nitrogen and oxygen atoms in total. The van der Waals surface area contributed by atoms with Crippen LogP contribution in [0.25, 0.3) is 0 Å². The fourth-order valence-corrected chi connectivity index (χ4v) is 2.69. The number of carboxylic acids is 1. The van der Waals surface area contributed by atoms with Crippen molar-refractivity contribution >= 4 is 29.5 Å². The Labute approximate surface area is 128 Å². The third kappa shape index (κ3) is 7.33. The minimum Gasteiger partial charge on any atom is -0.481 e. The number of morpholine rings is 1. The van der Waals surface area contributed by atoms with Crippen molar-refractivity contribution in [2.45, 2.75) is 25.8 Å². The summed E-state index contributed by atoms with van der Waals surface area (Å²) >= 11 is 1.23. The van der Waals surface area contributed by atoms with Gasteiger partial charge in [-0.15, -0.1) is 11.8 Å². The molecule has 21 heavy (non-hydrogen) atoms. The van der Waals surface area contributed by atoms with E-state index in [1.807, 2.05) is 0 Å². The highest BCUT2D eigenvalue weighted by Crippen LogP contribution is 2.10. The number of amides is 2. The molecule has 0 radical (unpaired) electrons. The molecule has 1 heterocycles. The van der Waals surface area contributed by atoms with E-state index in [-0.39, 0.29) is 29.7 Å². The maximum absolute atomic E-state index is 11.9. The Balaban J connectivity index is 2.23. The van der Waals surface area contributed by atoms with Gasteiger partial charge in [0.1, 0.15) is 0 Å². The molecule has 0 atom stereocenters. The monoisotopic (exact) mass is 318 g/mol. The van der Waals surface area contributed by atoms with Gasteiger partial charge in [-0.2, -0.15) is 0 Å². The van der Waals surface area contributed by atoms with E-state index in [9.17, 15) is 14.4 Å². The lowest BCUT2D eigenvalue weighted by atomic mass is 10.0. The number of nitrogens with zero attached hydrogens (tertiary/aromatic N) is 1. The average Bonchev–Trinajstić information content (AvgIpc) is 2.37. The Morgan fingerprint density at radius 1 is 1.24 bits per heavy atom. The van der Waals surface area contributed by atoms with Gasteiger partial charge in [-0.05, 0) is 13.8 Å². The molecular weight excluding hydrogens is 296 g/mol. The summed E-state index contributed by atoms with van der Waals surface area (Å²) in [6.45, 7) is 5.61. The number of hydrogen-bond donors (Lipinski definition) is 2. The van der Waals surface area contributed by atoms with Crippen LogP contribution in [0.2, 0.25) is 0 Å². The topological polar surface area (TPSA) is 95.9 Å². The molecule has 2 N–H and O–H groups in total. The third-order valence-electron chi connectivity index (χ3n) is 2.89. The zero-order chi connectivity index (χ0) is 15.9. The van der Waals surface area contributed by atoms with Gasteiger partial charge in [0.2, 0.25) is 11.8 Å². The number of rotatable bonds is 7. The van der Waals surface area contributed by atoms with Crippen molar-refractivity contribution in [2.24, 2.45) is 0 Å². The number of ether oxygens (including phenoxy) is 1. The summed E-state index contributed by atoms with van der Waals surface area (Å²) in [6, 6.07) is 0. The Morgan fingerprint density at radius 3 is 2.43 bits per heavy atom. The highest BCUT2D eigenvalue weighted by Gasteiger charge is 2.24. The second-order valence-corrected chi connectivity index (χ2v) is 6.47. The first-order valence-electron chi connectivity index (χ1n) is 6.76. The zero-order valence-electron chi connectivity index (χ0n) is 12.4. The highest BCUT2D eigenvalue weighted by molar-refractivity contribution is 8.00. The summed E-state index contributed by atoms with van der Waals surface area (Å²) in [5, 5.41) is 11.4. The number of carbonyl (C=O) groups excluding carboxylic acids is 2. The van der Waals surface area contributed by atoms with Crippen molar-refractivity contribution in [1.82, 2.24) is 10.2 Å². The second kappa shape index (κ2) is 8.23. The largest absolute Gasteiger partial charge is 0.481 e. The van der Waals surface area contributed by atoms with E-state index in [1.165, 1.54) is 11.8 Å². The molecule has 0 aromatic rings. The number of nitrogens with one attached hydrogen (secondary N) is 1. The van der Waals surface area contributed by atoms with Gasteiger partial charge in [0, 0.05) is 18.6 Å². The first-order valence-corrected chi connectivity index (χ1v) is 7.92. The number of hydrogen-bond acceptors (Lipinski definition) is 5. The molecule has 1 saturated heterocycles. The first kappa shape index (κ1) is 17.8. The number of carbonyl (C=O) groups is 3. The van der Waals surface area contributed by atoms with Gasteiger partial charge in [0.15, 0.2) is 0 Å². The standard InChI is InChI=1S/C13H22N2O5S/c1-13(2,7-12(18)19)14-10(16)8-21-9-11(17)15-3-5-20-6-4-15/h3-9H2,1-2H3,(H,14,16)(H,18,19). The molecule has 0 bridgehead atoms. The lowest BCUT2D eigenvalue weighted by molar-refractivity contribution is -0.138. The Morgan fingerprint density at radius 2 is 1.86 bits per heavy atom. The molecule has 2 amide bonds. The fourth-order valence-electron chi connectivity index (χ4n) is 1.97. The molecule has 1 rings (SSSR count). The van der Waals surface area contributed by atoms with Gasteiger partial charge < -0.3 is 20.1 Å². The molecule has 0 saturated carbocycles. The fraction of sp³-hybridized carbons (Fsp3) is 0.769. The van der Waals surface area contributed by atoms with Crippen LogP contribution in [0.5, 0.6) is 0 Å². The van der Waals surface area contributed by atoms with Crippen LogP contribution in [0.3, 0.4) is 0 Å². The highest BCUT2D eigenvalue weighted by atomic mass is 32.2. The maximum atomic E-state index is 11.9. The Kier molecular flexibility index (Phi) is 6.97. The summed E-state index contributed by atoms with van der Waals surface area (Å²) in [5.41, 5.74) is -0.794. The molecule has 1 aliphatic heterocycles. The molecule has 1 aliphatic rings. The quantitative estimate of drug-likeness (QED) is 0.683. The second-order valence-electron chi connectivity index (χ2n) is 5.49. The van der Waals surface area contributed by atoms with Crippen LogP contribution < -0.4 is 5.32 Å². The van der Waals surface area contributed by atoms with Crippen molar-refractivity contribution in [3.63, 3.8) is 0 Å². The zero-order valence-corrected chi connectivity index (χ0v) is 13.2. The molecule has 0 aromatic heterocycles. The van der Waals surface area contributed by atoms with Gasteiger partial charge >= 0.3 is 5.97 Å². The Bertz CT molecular complexity index is 394. The SMILES string of the molecule is CC(C)(CC(=O)O)NC(=O)CSCC(=O)N1CCOCC1. The lowest BCUT2D eigenvalue weighted by Gasteiger charge is -2.27. The minimum atomic E-state index is -0.963. The molecular formula is C13H22N2O5S. The van der Waals surface area contributed by atoms with Crippen molar-refractivity contribution < 1.29 is 24.2 Å². The summed E-state index contributed by atoms with van der Waals surface area (Å²) in [6.07, 6.45) is -0.143. The van der Waals surface area contributed by atoms with Crippen molar-refractivity contribution in [2.75, 3.05) is 37.8 Å². The summed E-state index contributed by atoms with van der Waals surface area (Å²) in [4.78, 5) is 36.0. The number of thioether (sulfide) groups is 1. The van der Waals surface area contributed by atoms with Crippen LogP contribution in [0, 0.1) is 0 Å². The summed E-state index contributed by atoms with van der Waals surface area (Å²) in [7, 11) is 0. The predicted molar refractivity (Wildman–Crippen MR) is 79.2 cm³/mol. The molecule has 120 valence electrons. The average molecular weight is 318 g/mol. The van der Waals surface area contributed by atoms with Gasteiger partial charge in [0.05, 0.1) is 31.1 Å². The third-order valence-corrected chi connectivity index (χ3v) is 3.81. The van der Waals surface area contributed by atoms with Gasteiger partial charge in [-0.1, -0.05) is 0 Å². The smallest absolute Gasteiger partial charge is 0.305 e. The van der Waals surface area contributed by atoms with E-state index < -0.39 is 11.5 Å². The molecule has 0 aliphatic carbocycles. The first-order chi connectivity index (χ1) is 9.80. The van der Waals surface area contributed by atoms with E-state index in [2.05, 4.69) is 5.32 Å². The van der Waals surface area contributed by atoms with E-state index >= 15 is 0 Å². The van der Waals surface area contributed by atoms with E-state index in [0.29, 0.717) is 26.3 Å². The van der Waals surface area contributed by atoms with Crippen LogP contribution >= 0.6 is 11.8 Å². The van der Waals surface area contributed by atoms with Crippen LogP contribution in [0.4, 0.5) is 0 Å². The maximum Gasteiger partial charge on any atom is 0.305 e. The van der Waals surface area contributed by atoms with Crippen LogP contribution in [-0.2, 0) is 19.1 Å². The van der Waals surface area contributed by atoms with Crippen molar-refractivity contribution in [3.8, 4) is 0 Å². The molecule has 1 fully saturated rings. The van der Waals surface area contributed by atoms with Crippen molar-refractivity contribution in [1.29, 1.82) is 0 Å². The summed E-state index contributed by atoms with van der Waals surface area (Å²) < 4.78 is 5.17. The van der Waals surface area contributed by atoms with E-state index in [1.54, 1.807) is 18.7 Å². The minimum absolute atomic E-state index is 0.000830. The van der Waals surface area contributed by atoms with Gasteiger partial charge in [-0.3, -0.25) is 14.4 Å². The van der Waals surface area contributed by atoms with Gasteiger partial charge in [0.25, 0.3) is 0 Å². The molecule has 8 heteroatoms. The van der Waals surface area contributed by atoms with E-state index in [4.69, 9.17) is 9.84 Å². The van der Waals surface area contributed by atoms with Crippen LogP contribution in [0.15, 0.2) is 0 Å². The van der Waals surface area contributed by atoms with Gasteiger partial charge in [-0.25, -0.2) is 0 Å². The predicted octanol–water partition coefficient (Wildman–Crippen LogP) is -0.0521. The van der Waals surface area contributed by atoms with Crippen LogP contribution in [-0.4, -0.2) is 71.1 Å². The van der Waals surface area contributed by atoms with E-state index in [0.717, 1.165) is 0 Å². The Hall–Kier alpha value is -1.28. The molecule has 0 unspecified atom stereocenters. The number of aliphatic carboxylic acids is 1. The summed E-state index contributed by atoms with van der Waals surface area (Å²) in [5.74, 6) is -0.844. The van der Waals surface area contributed by atoms with Crippen LogP contribution in [0.1, 0.15) is 20.3 Å².